The van der Waals surface area contributed by atoms with Crippen LogP contribution in [0.3, 0.4) is 0 Å². The van der Waals surface area contributed by atoms with Crippen molar-refractivity contribution in [3.63, 3.8) is 0 Å². The molecule has 2 fully saturated rings. The molecule has 0 aromatic heterocycles. The first-order valence-corrected chi connectivity index (χ1v) is 9.23. The SMILES string of the molecule is CN1CCN(CCOc2ccccc2CN2CCC(O)CC2)CC1. The van der Waals surface area contributed by atoms with Crippen molar-refractivity contribution in [3.8, 4) is 5.75 Å². The van der Waals surface area contributed by atoms with Gasteiger partial charge in [-0.2, -0.15) is 0 Å². The molecule has 2 heterocycles. The van der Waals surface area contributed by atoms with Crippen LogP contribution in [0.1, 0.15) is 18.4 Å². The minimum atomic E-state index is -0.115. The Labute approximate surface area is 145 Å². The van der Waals surface area contributed by atoms with Gasteiger partial charge in [0.15, 0.2) is 0 Å². The van der Waals surface area contributed by atoms with Gasteiger partial charge < -0.3 is 14.7 Å². The fraction of sp³-hybridized carbons (Fsp3) is 0.684. The second kappa shape index (κ2) is 8.81. The number of rotatable bonds is 6. The van der Waals surface area contributed by atoms with E-state index >= 15 is 0 Å². The second-order valence-electron chi connectivity index (χ2n) is 7.11. The van der Waals surface area contributed by atoms with Gasteiger partial charge in [0.2, 0.25) is 0 Å². The summed E-state index contributed by atoms with van der Waals surface area (Å²) in [6.07, 6.45) is 1.65. The minimum Gasteiger partial charge on any atom is -0.492 e. The van der Waals surface area contributed by atoms with E-state index in [1.54, 1.807) is 0 Å². The number of aliphatic hydroxyl groups is 1. The second-order valence-corrected chi connectivity index (χ2v) is 7.11. The molecule has 2 aliphatic rings. The van der Waals surface area contributed by atoms with E-state index in [1.807, 2.05) is 0 Å². The van der Waals surface area contributed by atoms with Gasteiger partial charge in [-0.1, -0.05) is 18.2 Å². The van der Waals surface area contributed by atoms with Crippen molar-refractivity contribution in [2.45, 2.75) is 25.5 Å². The lowest BCUT2D eigenvalue weighted by molar-refractivity contribution is 0.0786. The Kier molecular flexibility index (Phi) is 6.49. The Bertz CT molecular complexity index is 495. The Hall–Kier alpha value is -1.14. The van der Waals surface area contributed by atoms with E-state index in [1.165, 1.54) is 5.56 Å². The highest BCUT2D eigenvalue weighted by molar-refractivity contribution is 5.33. The van der Waals surface area contributed by atoms with E-state index in [4.69, 9.17) is 4.74 Å². The highest BCUT2D eigenvalue weighted by Gasteiger charge is 2.18. The number of para-hydroxylation sites is 1. The molecular weight excluding hydrogens is 302 g/mol. The van der Waals surface area contributed by atoms with Crippen molar-refractivity contribution in [2.75, 3.05) is 59.5 Å². The average Bonchev–Trinajstić information content (AvgIpc) is 2.60. The van der Waals surface area contributed by atoms with Crippen LogP contribution in [0, 0.1) is 0 Å². The summed E-state index contributed by atoms with van der Waals surface area (Å²) in [6.45, 7) is 9.17. The molecule has 134 valence electrons. The number of ether oxygens (including phenoxy) is 1. The van der Waals surface area contributed by atoms with Crippen LogP contribution in [0.5, 0.6) is 5.75 Å². The summed E-state index contributed by atoms with van der Waals surface area (Å²) >= 11 is 0. The number of aliphatic hydroxyl groups excluding tert-OH is 1. The first kappa shape index (κ1) is 17.7. The summed E-state index contributed by atoms with van der Waals surface area (Å²) in [5.74, 6) is 1.01. The van der Waals surface area contributed by atoms with Gasteiger partial charge in [-0.15, -0.1) is 0 Å². The molecule has 0 spiro atoms. The third-order valence-corrected chi connectivity index (χ3v) is 5.18. The maximum absolute atomic E-state index is 9.64. The molecule has 3 rings (SSSR count). The van der Waals surface area contributed by atoms with Crippen LogP contribution in [-0.4, -0.2) is 85.4 Å². The first-order chi connectivity index (χ1) is 11.7. The predicted molar refractivity (Wildman–Crippen MR) is 96.4 cm³/mol. The normalized spacial score (nSPS) is 21.9. The Morgan fingerprint density at radius 1 is 1.00 bits per heavy atom. The maximum Gasteiger partial charge on any atom is 0.123 e. The van der Waals surface area contributed by atoms with Crippen LogP contribution in [-0.2, 0) is 6.54 Å². The molecule has 0 aliphatic carbocycles. The zero-order valence-electron chi connectivity index (χ0n) is 14.9. The highest BCUT2D eigenvalue weighted by atomic mass is 16.5. The van der Waals surface area contributed by atoms with Crippen LogP contribution in [0.4, 0.5) is 0 Å². The smallest absolute Gasteiger partial charge is 0.123 e. The summed E-state index contributed by atoms with van der Waals surface area (Å²) in [6, 6.07) is 8.38. The summed E-state index contributed by atoms with van der Waals surface area (Å²) in [5.41, 5.74) is 1.26. The topological polar surface area (TPSA) is 39.2 Å². The van der Waals surface area contributed by atoms with Gasteiger partial charge in [0, 0.05) is 57.9 Å². The van der Waals surface area contributed by atoms with E-state index in [0.29, 0.717) is 0 Å². The molecule has 0 amide bonds. The summed E-state index contributed by atoms with van der Waals surface area (Å²) in [4.78, 5) is 7.27. The molecular formula is C19H31N3O2. The fourth-order valence-electron chi connectivity index (χ4n) is 3.45. The van der Waals surface area contributed by atoms with Crippen molar-refractivity contribution < 1.29 is 9.84 Å². The van der Waals surface area contributed by atoms with Crippen LogP contribution < -0.4 is 4.74 Å². The van der Waals surface area contributed by atoms with Crippen molar-refractivity contribution in [1.29, 1.82) is 0 Å². The van der Waals surface area contributed by atoms with Crippen LogP contribution >= 0.6 is 0 Å². The monoisotopic (exact) mass is 333 g/mol. The van der Waals surface area contributed by atoms with Crippen molar-refractivity contribution in [3.05, 3.63) is 29.8 Å². The van der Waals surface area contributed by atoms with Gasteiger partial charge >= 0.3 is 0 Å². The Morgan fingerprint density at radius 2 is 1.71 bits per heavy atom. The van der Waals surface area contributed by atoms with Gasteiger partial charge in [0.1, 0.15) is 12.4 Å². The molecule has 0 unspecified atom stereocenters. The molecule has 0 radical (unpaired) electrons. The third kappa shape index (κ3) is 5.18. The summed E-state index contributed by atoms with van der Waals surface area (Å²) < 4.78 is 6.10. The zero-order valence-corrected chi connectivity index (χ0v) is 14.9. The van der Waals surface area contributed by atoms with E-state index in [-0.39, 0.29) is 6.10 Å². The van der Waals surface area contributed by atoms with E-state index in [9.17, 15) is 5.11 Å². The number of piperidine rings is 1. The number of nitrogens with zero attached hydrogens (tertiary/aromatic N) is 3. The standard InChI is InChI=1S/C19H31N3O2/c1-20-10-12-21(13-11-20)14-15-24-19-5-3-2-4-17(19)16-22-8-6-18(23)7-9-22/h2-5,18,23H,6-16H2,1H3. The summed E-state index contributed by atoms with van der Waals surface area (Å²) in [5, 5.41) is 9.64. The fourth-order valence-corrected chi connectivity index (χ4v) is 3.45. The zero-order chi connectivity index (χ0) is 16.8. The van der Waals surface area contributed by atoms with Crippen molar-refractivity contribution in [2.24, 2.45) is 0 Å². The minimum absolute atomic E-state index is 0.115. The quantitative estimate of drug-likeness (QED) is 0.849. The molecule has 24 heavy (non-hydrogen) atoms. The molecule has 1 aromatic rings. The molecule has 2 saturated heterocycles. The van der Waals surface area contributed by atoms with E-state index in [0.717, 1.165) is 77.6 Å². The number of likely N-dealkylation sites (tertiary alicyclic amines) is 1. The largest absolute Gasteiger partial charge is 0.492 e. The summed E-state index contributed by atoms with van der Waals surface area (Å²) in [7, 11) is 2.18. The highest BCUT2D eigenvalue weighted by Crippen LogP contribution is 2.22. The van der Waals surface area contributed by atoms with Crippen LogP contribution in [0.25, 0.3) is 0 Å². The molecule has 1 N–H and O–H groups in total. The molecule has 0 bridgehead atoms. The maximum atomic E-state index is 9.64. The molecule has 0 saturated carbocycles. The van der Waals surface area contributed by atoms with Crippen LogP contribution in [0.15, 0.2) is 24.3 Å². The molecule has 2 aliphatic heterocycles. The molecule has 5 heteroatoms. The lowest BCUT2D eigenvalue weighted by Gasteiger charge is -2.32. The van der Waals surface area contributed by atoms with Crippen LogP contribution in [0.2, 0.25) is 0 Å². The van der Waals surface area contributed by atoms with E-state index < -0.39 is 0 Å². The Morgan fingerprint density at radius 3 is 2.46 bits per heavy atom. The van der Waals surface area contributed by atoms with Crippen molar-refractivity contribution >= 4 is 0 Å². The molecule has 5 nitrogen and oxygen atoms in total. The van der Waals surface area contributed by atoms with E-state index in [2.05, 4.69) is 46.0 Å². The first-order valence-electron chi connectivity index (χ1n) is 9.23. The van der Waals surface area contributed by atoms with Gasteiger partial charge in [0.05, 0.1) is 6.10 Å². The number of piperazine rings is 1. The number of benzene rings is 1. The lowest BCUT2D eigenvalue weighted by Crippen LogP contribution is -2.45. The van der Waals surface area contributed by atoms with Crippen molar-refractivity contribution in [1.82, 2.24) is 14.7 Å². The average molecular weight is 333 g/mol. The van der Waals surface area contributed by atoms with Gasteiger partial charge in [-0.05, 0) is 26.0 Å². The lowest BCUT2D eigenvalue weighted by atomic mass is 10.1. The number of hydrogen-bond acceptors (Lipinski definition) is 5. The van der Waals surface area contributed by atoms with Gasteiger partial charge in [0.25, 0.3) is 0 Å². The number of hydrogen-bond donors (Lipinski definition) is 1. The van der Waals surface area contributed by atoms with Gasteiger partial charge in [-0.3, -0.25) is 9.80 Å². The van der Waals surface area contributed by atoms with Gasteiger partial charge in [-0.25, -0.2) is 0 Å². The number of likely N-dealkylation sites (N-methyl/N-ethyl adjacent to an activating group) is 1. The third-order valence-electron chi connectivity index (χ3n) is 5.18. The molecule has 0 atom stereocenters. The molecule has 1 aromatic carbocycles. The Balaban J connectivity index is 1.47. The predicted octanol–water partition coefficient (Wildman–Crippen LogP) is 1.27.